The maximum Gasteiger partial charge on any atom is 0.326 e. The summed E-state index contributed by atoms with van der Waals surface area (Å²) < 4.78 is 0. The lowest BCUT2D eigenvalue weighted by Gasteiger charge is -2.26. The predicted molar refractivity (Wildman–Crippen MR) is 207 cm³/mol. The molecule has 14 N–H and O–H groups in total. The minimum absolute atomic E-state index is 0.0791. The van der Waals surface area contributed by atoms with Gasteiger partial charge < -0.3 is 68.2 Å². The first-order chi connectivity index (χ1) is 27.3. The van der Waals surface area contributed by atoms with Crippen molar-refractivity contribution in [3.05, 3.63) is 65.9 Å². The Morgan fingerprint density at radius 1 is 0.690 bits per heavy atom. The molecule has 0 radical (unpaired) electrons. The van der Waals surface area contributed by atoms with Gasteiger partial charge in [-0.05, 0) is 49.1 Å². The number of hydrogen-bond donors (Lipinski definition) is 13. The number of rotatable bonds is 21. The van der Waals surface area contributed by atoms with Gasteiger partial charge in [0.2, 0.25) is 35.4 Å². The second-order valence-corrected chi connectivity index (χ2v) is 14.1. The number of aromatic nitrogens is 1. The van der Waals surface area contributed by atoms with Crippen molar-refractivity contribution in [1.82, 2.24) is 36.9 Å². The Labute approximate surface area is 333 Å². The SMILES string of the molecule is CC(C)[C@H](NC(=O)[C@H](Cc1c[nH]c2ccccc12)NC(=O)[C@@H](NC(=O)CNC(=O)[C@H](Cc1ccc(O)cc1)NC(=O)[C@H](CO)NC(=O)[C@@H](N)[C@@H](C)O)[C@@H](C)O)C(=O)O. The van der Waals surface area contributed by atoms with Crippen LogP contribution in [0.4, 0.5) is 0 Å². The molecule has 6 amide bonds. The molecule has 1 heterocycles. The number of aliphatic carboxylic acids is 1. The number of carbonyl (C=O) groups excluding carboxylic acids is 6. The third-order valence-corrected chi connectivity index (χ3v) is 9.11. The highest BCUT2D eigenvalue weighted by atomic mass is 16.4. The zero-order chi connectivity index (χ0) is 43.3. The van der Waals surface area contributed by atoms with E-state index in [1.807, 2.05) is 0 Å². The molecule has 58 heavy (non-hydrogen) atoms. The number of amides is 6. The van der Waals surface area contributed by atoms with Gasteiger partial charge in [0.1, 0.15) is 42.0 Å². The molecular formula is C38H52N8O12. The Bertz CT molecular complexity index is 1920. The lowest BCUT2D eigenvalue weighted by atomic mass is 10.0. The Balaban J connectivity index is 1.76. The van der Waals surface area contributed by atoms with Crippen molar-refractivity contribution < 1.29 is 59.1 Å². The number of phenolic OH excluding ortho intramolecular Hbond substituents is 1. The van der Waals surface area contributed by atoms with Crippen molar-refractivity contribution in [3.63, 3.8) is 0 Å². The Morgan fingerprint density at radius 3 is 1.86 bits per heavy atom. The van der Waals surface area contributed by atoms with Gasteiger partial charge in [0, 0.05) is 29.9 Å². The van der Waals surface area contributed by atoms with E-state index in [2.05, 4.69) is 36.9 Å². The number of carboxylic acids is 1. The number of nitrogens with one attached hydrogen (secondary N) is 7. The first-order valence-corrected chi connectivity index (χ1v) is 18.4. The Kier molecular flexibility index (Phi) is 17.1. The van der Waals surface area contributed by atoms with E-state index in [4.69, 9.17) is 5.73 Å². The van der Waals surface area contributed by atoms with Crippen LogP contribution in [-0.2, 0) is 46.4 Å². The molecule has 0 saturated heterocycles. The molecule has 3 rings (SSSR count). The number of aromatic amines is 1. The molecule has 3 aromatic rings. The van der Waals surface area contributed by atoms with Gasteiger partial charge >= 0.3 is 5.97 Å². The molecule has 2 aromatic carbocycles. The standard InChI is InChI=1S/C38H52N8O12/c1-18(2)31(38(57)58)46-34(53)27(14-22-15-40-25-8-6-5-7-24(22)25)43-37(56)32(20(4)49)45-29(51)16-41-33(52)26(13-21-9-11-23(50)12-10-21)42-35(54)28(17-47)44-36(55)30(39)19(3)48/h5-12,15,18-20,26-28,30-32,40,47-50H,13-14,16-17,39H2,1-4H3,(H,41,52)(H,42,54)(H,43,56)(H,44,55)(H,45,51)(H,46,53)(H,57,58)/t19-,20-,26+,27+,28+,30+,31+,32+/m1/s1. The highest BCUT2D eigenvalue weighted by molar-refractivity contribution is 5.97. The number of aliphatic hydroxyl groups is 3. The molecular weight excluding hydrogens is 760 g/mol. The molecule has 0 aliphatic heterocycles. The number of carboxylic acid groups (broad SMARTS) is 1. The quantitative estimate of drug-likeness (QED) is 0.0512. The largest absolute Gasteiger partial charge is 0.508 e. The lowest BCUT2D eigenvalue weighted by molar-refractivity contribution is -0.143. The molecule has 0 unspecified atom stereocenters. The number of hydrogen-bond acceptors (Lipinski definition) is 12. The minimum Gasteiger partial charge on any atom is -0.508 e. The van der Waals surface area contributed by atoms with Crippen LogP contribution < -0.4 is 37.6 Å². The van der Waals surface area contributed by atoms with Gasteiger partial charge in [-0.25, -0.2) is 4.79 Å². The zero-order valence-corrected chi connectivity index (χ0v) is 32.4. The summed E-state index contributed by atoms with van der Waals surface area (Å²) in [6.07, 6.45) is -1.49. The first-order valence-electron chi connectivity index (χ1n) is 18.4. The summed E-state index contributed by atoms with van der Waals surface area (Å²) >= 11 is 0. The maximum absolute atomic E-state index is 13.6. The van der Waals surface area contributed by atoms with Gasteiger partial charge in [-0.15, -0.1) is 0 Å². The number of fused-ring (bicyclic) bond motifs is 1. The van der Waals surface area contributed by atoms with Crippen molar-refractivity contribution in [3.8, 4) is 5.75 Å². The zero-order valence-electron chi connectivity index (χ0n) is 32.4. The summed E-state index contributed by atoms with van der Waals surface area (Å²) in [4.78, 5) is 94.1. The predicted octanol–water partition coefficient (Wildman–Crippen LogP) is -2.98. The van der Waals surface area contributed by atoms with Crippen LogP contribution in [0.3, 0.4) is 0 Å². The van der Waals surface area contributed by atoms with Crippen LogP contribution in [0.15, 0.2) is 54.7 Å². The fourth-order valence-electron chi connectivity index (χ4n) is 5.71. The molecule has 8 atom stereocenters. The molecule has 0 aliphatic rings. The highest BCUT2D eigenvalue weighted by Crippen LogP contribution is 2.20. The van der Waals surface area contributed by atoms with Gasteiger partial charge in [-0.3, -0.25) is 28.8 Å². The maximum atomic E-state index is 13.6. The second-order valence-electron chi connectivity index (χ2n) is 14.1. The summed E-state index contributed by atoms with van der Waals surface area (Å²) in [7, 11) is 0. The molecule has 20 heteroatoms. The van der Waals surface area contributed by atoms with Crippen molar-refractivity contribution in [1.29, 1.82) is 0 Å². The van der Waals surface area contributed by atoms with E-state index in [1.54, 1.807) is 44.3 Å². The van der Waals surface area contributed by atoms with E-state index in [0.717, 1.165) is 10.9 Å². The second kappa shape index (κ2) is 21.4. The Morgan fingerprint density at radius 2 is 1.28 bits per heavy atom. The van der Waals surface area contributed by atoms with Gasteiger partial charge in [0.05, 0.1) is 25.4 Å². The average molecular weight is 813 g/mol. The number of para-hydroxylation sites is 1. The average Bonchev–Trinajstić information content (AvgIpc) is 3.58. The molecule has 1 aromatic heterocycles. The lowest BCUT2D eigenvalue weighted by Crippen LogP contribution is -2.60. The summed E-state index contributed by atoms with van der Waals surface area (Å²) in [5.41, 5.74) is 7.41. The number of H-pyrrole nitrogens is 1. The number of phenols is 1. The Hall–Kier alpha value is -6.09. The smallest absolute Gasteiger partial charge is 0.326 e. The van der Waals surface area contributed by atoms with Crippen molar-refractivity contribution in [2.75, 3.05) is 13.2 Å². The van der Waals surface area contributed by atoms with Crippen LogP contribution in [0.25, 0.3) is 10.9 Å². The van der Waals surface area contributed by atoms with Gasteiger partial charge in [0.25, 0.3) is 0 Å². The van der Waals surface area contributed by atoms with Crippen LogP contribution in [0.1, 0.15) is 38.8 Å². The van der Waals surface area contributed by atoms with E-state index in [1.165, 1.54) is 38.1 Å². The molecule has 0 fully saturated rings. The minimum atomic E-state index is -1.67. The molecule has 316 valence electrons. The first kappa shape index (κ1) is 46.3. The van der Waals surface area contributed by atoms with Crippen molar-refractivity contribution >= 4 is 52.3 Å². The molecule has 20 nitrogen and oxygen atoms in total. The summed E-state index contributed by atoms with van der Waals surface area (Å²) in [6.45, 7) is 3.94. The number of nitrogens with two attached hydrogens (primary N) is 1. The van der Waals surface area contributed by atoms with Gasteiger partial charge in [-0.2, -0.15) is 0 Å². The van der Waals surface area contributed by atoms with Crippen molar-refractivity contribution in [2.24, 2.45) is 11.7 Å². The fourth-order valence-corrected chi connectivity index (χ4v) is 5.71. The number of benzene rings is 2. The monoisotopic (exact) mass is 812 g/mol. The van der Waals surface area contributed by atoms with Crippen molar-refractivity contribution in [2.45, 2.75) is 89.0 Å². The third kappa shape index (κ3) is 13.3. The van der Waals surface area contributed by atoms with E-state index >= 15 is 0 Å². The molecule has 0 spiro atoms. The van der Waals surface area contributed by atoms with Gasteiger partial charge in [0.15, 0.2) is 0 Å². The third-order valence-electron chi connectivity index (χ3n) is 9.11. The van der Waals surface area contributed by atoms with Crippen LogP contribution in [-0.4, -0.2) is 134 Å². The van der Waals surface area contributed by atoms with E-state index < -0.39 is 109 Å². The highest BCUT2D eigenvalue weighted by Gasteiger charge is 2.34. The van der Waals surface area contributed by atoms with Gasteiger partial charge in [-0.1, -0.05) is 44.2 Å². The number of aliphatic hydroxyl groups excluding tert-OH is 3. The fraction of sp³-hybridized carbons (Fsp3) is 0.447. The van der Waals surface area contributed by atoms with Crippen LogP contribution in [0, 0.1) is 5.92 Å². The molecule has 0 saturated carbocycles. The van der Waals surface area contributed by atoms with E-state index in [9.17, 15) is 59.1 Å². The summed E-state index contributed by atoms with van der Waals surface area (Å²) in [5.74, 6) is -7.60. The topological polar surface area (TPSA) is 335 Å². The summed E-state index contributed by atoms with van der Waals surface area (Å²) in [5, 5.41) is 64.2. The van der Waals surface area contributed by atoms with Crippen LogP contribution in [0.5, 0.6) is 5.75 Å². The van der Waals surface area contributed by atoms with E-state index in [0.29, 0.717) is 11.1 Å². The number of carbonyl (C=O) groups is 7. The van der Waals surface area contributed by atoms with Crippen LogP contribution >= 0.6 is 0 Å². The van der Waals surface area contributed by atoms with Crippen LogP contribution in [0.2, 0.25) is 0 Å². The summed E-state index contributed by atoms with van der Waals surface area (Å²) in [6, 6.07) is 3.96. The number of aromatic hydroxyl groups is 1. The van der Waals surface area contributed by atoms with E-state index in [-0.39, 0.29) is 18.6 Å². The molecule has 0 bridgehead atoms. The molecule has 0 aliphatic carbocycles. The normalized spacial score (nSPS) is 15.4.